The van der Waals surface area contributed by atoms with Crippen molar-refractivity contribution in [2.45, 2.75) is 32.7 Å². The van der Waals surface area contributed by atoms with Crippen LogP contribution >= 0.6 is 0 Å². The normalized spacial score (nSPS) is 11.5. The van der Waals surface area contributed by atoms with E-state index in [1.54, 1.807) is 60.7 Å². The maximum Gasteiger partial charge on any atom is 0.255 e. The van der Waals surface area contributed by atoms with Crippen LogP contribution in [0.15, 0.2) is 103 Å². The number of anilines is 3. The molecule has 4 aromatic carbocycles. The van der Waals surface area contributed by atoms with Gasteiger partial charge < -0.3 is 10.6 Å². The van der Waals surface area contributed by atoms with E-state index in [1.807, 2.05) is 42.5 Å². The van der Waals surface area contributed by atoms with E-state index in [9.17, 15) is 18.0 Å². The Morgan fingerprint density at radius 1 is 0.700 bits per heavy atom. The molecule has 0 spiro atoms. The lowest BCUT2D eigenvalue weighted by Gasteiger charge is -2.22. The average molecular weight is 556 g/mol. The first kappa shape index (κ1) is 28.6. The molecule has 2 amide bonds. The Bertz CT molecular complexity index is 1590. The third-order valence-electron chi connectivity index (χ3n) is 6.38. The molecule has 206 valence electrons. The number of nitrogens with one attached hydrogen (secondary N) is 2. The molecule has 0 fully saturated rings. The lowest BCUT2D eigenvalue weighted by atomic mass is 9.87. The Labute approximate surface area is 235 Å². The molecule has 0 radical (unpaired) electrons. The molecule has 0 atom stereocenters. The van der Waals surface area contributed by atoms with Crippen molar-refractivity contribution in [2.24, 2.45) is 0 Å². The highest BCUT2D eigenvalue weighted by Crippen LogP contribution is 2.24. The van der Waals surface area contributed by atoms with E-state index in [0.29, 0.717) is 28.2 Å². The van der Waals surface area contributed by atoms with Crippen LogP contribution < -0.4 is 14.9 Å². The van der Waals surface area contributed by atoms with Gasteiger partial charge in [0.25, 0.3) is 11.8 Å². The second-order valence-corrected chi connectivity index (χ2v) is 12.5. The highest BCUT2D eigenvalue weighted by atomic mass is 32.2. The van der Waals surface area contributed by atoms with E-state index < -0.39 is 10.0 Å². The van der Waals surface area contributed by atoms with E-state index in [2.05, 4.69) is 31.4 Å². The van der Waals surface area contributed by atoms with Crippen LogP contribution in [-0.4, -0.2) is 26.5 Å². The minimum Gasteiger partial charge on any atom is -0.322 e. The Morgan fingerprint density at radius 3 is 1.68 bits per heavy atom. The number of rotatable bonds is 8. The van der Waals surface area contributed by atoms with Gasteiger partial charge >= 0.3 is 0 Å². The van der Waals surface area contributed by atoms with Gasteiger partial charge in [0.05, 0.1) is 18.5 Å². The largest absolute Gasteiger partial charge is 0.322 e. The third-order valence-corrected chi connectivity index (χ3v) is 7.52. The van der Waals surface area contributed by atoms with Gasteiger partial charge in [0.15, 0.2) is 0 Å². The van der Waals surface area contributed by atoms with Gasteiger partial charge in [-0.05, 0) is 71.1 Å². The number of benzene rings is 4. The second kappa shape index (κ2) is 11.8. The SMILES string of the molecule is CC(C)(C)c1ccc(C(=O)Nc2cccc(NC(=O)c3ccc(N(Cc4ccccc4)S(C)(=O)=O)cc3)c2)cc1. The topological polar surface area (TPSA) is 95.6 Å². The summed E-state index contributed by atoms with van der Waals surface area (Å²) in [4.78, 5) is 25.7. The van der Waals surface area contributed by atoms with Crippen LogP contribution in [0.1, 0.15) is 52.6 Å². The summed E-state index contributed by atoms with van der Waals surface area (Å²) in [5.74, 6) is -0.604. The fraction of sp³-hybridized carbons (Fsp3) is 0.188. The maximum atomic E-state index is 12.9. The number of nitrogens with zero attached hydrogens (tertiary/aromatic N) is 1. The predicted molar refractivity (Wildman–Crippen MR) is 161 cm³/mol. The molecular formula is C32H33N3O4S. The van der Waals surface area contributed by atoms with Crippen LogP contribution in [0.3, 0.4) is 0 Å². The van der Waals surface area contributed by atoms with Crippen LogP contribution in [0.25, 0.3) is 0 Å². The molecule has 8 heteroatoms. The first-order valence-electron chi connectivity index (χ1n) is 12.9. The zero-order chi connectivity index (χ0) is 28.9. The molecule has 0 saturated carbocycles. The molecule has 4 aromatic rings. The van der Waals surface area contributed by atoms with Gasteiger partial charge in [-0.2, -0.15) is 0 Å². The number of hydrogen-bond acceptors (Lipinski definition) is 4. The van der Waals surface area contributed by atoms with E-state index in [4.69, 9.17) is 0 Å². The highest BCUT2D eigenvalue weighted by molar-refractivity contribution is 7.92. The summed E-state index contributed by atoms with van der Waals surface area (Å²) in [7, 11) is -3.54. The fourth-order valence-electron chi connectivity index (χ4n) is 4.13. The fourth-order valence-corrected chi connectivity index (χ4v) is 5.02. The number of carbonyl (C=O) groups excluding carboxylic acids is 2. The summed E-state index contributed by atoms with van der Waals surface area (Å²) >= 11 is 0. The molecule has 0 saturated heterocycles. The van der Waals surface area contributed by atoms with Crippen LogP contribution in [0.2, 0.25) is 0 Å². The van der Waals surface area contributed by atoms with Gasteiger partial charge in [0.2, 0.25) is 10.0 Å². The minimum absolute atomic E-state index is 0.00286. The van der Waals surface area contributed by atoms with Crippen molar-refractivity contribution in [3.63, 3.8) is 0 Å². The van der Waals surface area contributed by atoms with Crippen molar-refractivity contribution in [3.05, 3.63) is 125 Å². The van der Waals surface area contributed by atoms with Crippen molar-refractivity contribution in [1.82, 2.24) is 0 Å². The first-order chi connectivity index (χ1) is 18.9. The van der Waals surface area contributed by atoms with Crippen LogP contribution in [0, 0.1) is 0 Å². The van der Waals surface area contributed by atoms with E-state index in [1.165, 1.54) is 4.31 Å². The molecule has 0 aliphatic rings. The number of amides is 2. The maximum absolute atomic E-state index is 12.9. The Balaban J connectivity index is 1.43. The van der Waals surface area contributed by atoms with E-state index >= 15 is 0 Å². The molecule has 40 heavy (non-hydrogen) atoms. The van der Waals surface area contributed by atoms with Gasteiger partial charge in [-0.1, -0.05) is 69.3 Å². The molecule has 2 N–H and O–H groups in total. The molecular weight excluding hydrogens is 522 g/mol. The van der Waals surface area contributed by atoms with E-state index in [0.717, 1.165) is 17.4 Å². The summed E-state index contributed by atoms with van der Waals surface area (Å²) in [6.07, 6.45) is 1.16. The summed E-state index contributed by atoms with van der Waals surface area (Å²) in [6, 6.07) is 30.1. The van der Waals surface area contributed by atoms with Crippen LogP contribution in [0.4, 0.5) is 17.1 Å². The standard InChI is InChI=1S/C32H33N3O4S/c1-32(2,3)26-17-13-24(14-18-26)30(36)33-27-11-8-12-28(21-27)34-31(37)25-15-19-29(20-16-25)35(40(4,38)39)22-23-9-6-5-7-10-23/h5-21H,22H2,1-4H3,(H,33,36)(H,34,37). The van der Waals surface area contributed by atoms with Gasteiger partial charge in [0.1, 0.15) is 0 Å². The molecule has 0 unspecified atom stereocenters. The molecule has 0 bridgehead atoms. The van der Waals surface area contributed by atoms with Gasteiger partial charge in [-0.3, -0.25) is 13.9 Å². The van der Waals surface area contributed by atoms with Gasteiger partial charge in [-0.15, -0.1) is 0 Å². The average Bonchev–Trinajstić information content (AvgIpc) is 2.91. The van der Waals surface area contributed by atoms with Crippen molar-refractivity contribution >= 4 is 38.9 Å². The summed E-state index contributed by atoms with van der Waals surface area (Å²) in [5, 5.41) is 5.70. The third kappa shape index (κ3) is 7.36. The number of sulfonamides is 1. The lowest BCUT2D eigenvalue weighted by Crippen LogP contribution is -2.29. The van der Waals surface area contributed by atoms with Crippen molar-refractivity contribution in [3.8, 4) is 0 Å². The monoisotopic (exact) mass is 555 g/mol. The van der Waals surface area contributed by atoms with E-state index in [-0.39, 0.29) is 23.8 Å². The molecule has 0 aliphatic heterocycles. The van der Waals surface area contributed by atoms with Crippen molar-refractivity contribution < 1.29 is 18.0 Å². The first-order valence-corrected chi connectivity index (χ1v) is 14.7. The smallest absolute Gasteiger partial charge is 0.255 e. The number of hydrogen-bond donors (Lipinski definition) is 2. The predicted octanol–water partition coefficient (Wildman–Crippen LogP) is 6.45. The summed E-state index contributed by atoms with van der Waals surface area (Å²) in [5.41, 5.74) is 4.41. The highest BCUT2D eigenvalue weighted by Gasteiger charge is 2.19. The minimum atomic E-state index is -3.54. The number of carbonyl (C=O) groups is 2. The van der Waals surface area contributed by atoms with Crippen molar-refractivity contribution in [1.29, 1.82) is 0 Å². The quantitative estimate of drug-likeness (QED) is 0.261. The molecule has 0 heterocycles. The van der Waals surface area contributed by atoms with Crippen LogP contribution in [-0.2, 0) is 22.0 Å². The Morgan fingerprint density at radius 2 is 1.20 bits per heavy atom. The summed E-state index contributed by atoms with van der Waals surface area (Å²) in [6.45, 7) is 6.54. The van der Waals surface area contributed by atoms with Gasteiger partial charge in [0, 0.05) is 22.5 Å². The summed E-state index contributed by atoms with van der Waals surface area (Å²) < 4.78 is 26.2. The van der Waals surface area contributed by atoms with Crippen LogP contribution in [0.5, 0.6) is 0 Å². The molecule has 0 aliphatic carbocycles. The van der Waals surface area contributed by atoms with Crippen molar-refractivity contribution in [2.75, 3.05) is 21.2 Å². The Hall–Kier alpha value is -4.43. The molecule has 0 aromatic heterocycles. The molecule has 7 nitrogen and oxygen atoms in total. The lowest BCUT2D eigenvalue weighted by molar-refractivity contribution is 0.101. The van der Waals surface area contributed by atoms with Gasteiger partial charge in [-0.25, -0.2) is 8.42 Å². The molecule has 4 rings (SSSR count). The Kier molecular flexibility index (Phi) is 8.40. The zero-order valence-electron chi connectivity index (χ0n) is 23.0. The second-order valence-electron chi connectivity index (χ2n) is 10.6. The zero-order valence-corrected chi connectivity index (χ0v) is 23.8.